The van der Waals surface area contributed by atoms with E-state index in [0.29, 0.717) is 23.6 Å². The van der Waals surface area contributed by atoms with Gasteiger partial charge in [0.25, 0.3) is 5.91 Å². The lowest BCUT2D eigenvalue weighted by molar-refractivity contribution is 0.0939. The van der Waals surface area contributed by atoms with Crippen molar-refractivity contribution in [2.24, 2.45) is 0 Å². The molecule has 6 nitrogen and oxygen atoms in total. The number of hydrogen-bond acceptors (Lipinski definition) is 4. The predicted molar refractivity (Wildman–Crippen MR) is 66.9 cm³/mol. The normalized spacial score (nSPS) is 10.8. The number of carbonyl (C=O) groups is 1. The Hall–Kier alpha value is -2.24. The molecule has 6 heteroatoms. The minimum atomic E-state index is -0.177. The minimum Gasteiger partial charge on any atom is -0.397 e. The molecular weight excluding hydrogens is 232 g/mol. The molecule has 2 aromatic heterocycles. The quantitative estimate of drug-likeness (QED) is 0.859. The maximum absolute atomic E-state index is 12.0. The number of hydrogen-bond donors (Lipinski definition) is 2. The van der Waals surface area contributed by atoms with Crippen LogP contribution in [0.25, 0.3) is 0 Å². The molecule has 0 saturated heterocycles. The maximum atomic E-state index is 12.0. The van der Waals surface area contributed by atoms with E-state index in [9.17, 15) is 4.79 Å². The van der Waals surface area contributed by atoms with Crippen LogP contribution in [0, 0.1) is 0 Å². The number of nitrogens with zero attached hydrogens (tertiary/aromatic N) is 2. The molecule has 2 heterocycles. The summed E-state index contributed by atoms with van der Waals surface area (Å²) in [5.41, 5.74) is 7.52. The molecule has 0 unspecified atom stereocenters. The summed E-state index contributed by atoms with van der Waals surface area (Å²) in [4.78, 5) is 12.0. The largest absolute Gasteiger partial charge is 0.397 e. The first-order chi connectivity index (χ1) is 8.58. The third-order valence-electron chi connectivity index (χ3n) is 2.58. The fraction of sp³-hybridized carbons (Fsp3) is 0.333. The Bertz CT molecular complexity index is 528. The van der Waals surface area contributed by atoms with Crippen LogP contribution in [0.15, 0.2) is 29.1 Å². The first kappa shape index (κ1) is 12.2. The summed E-state index contributed by atoms with van der Waals surface area (Å²) < 4.78 is 6.53. The van der Waals surface area contributed by atoms with E-state index in [4.69, 9.17) is 10.3 Å². The molecule has 0 aromatic carbocycles. The molecular formula is C12H16N4O2. The molecule has 0 radical (unpaired) electrons. The Morgan fingerprint density at radius 1 is 1.61 bits per heavy atom. The molecule has 96 valence electrons. The molecule has 0 fully saturated rings. The van der Waals surface area contributed by atoms with Crippen LogP contribution >= 0.6 is 0 Å². The fourth-order valence-corrected chi connectivity index (χ4v) is 1.70. The van der Waals surface area contributed by atoms with Crippen LogP contribution in [0.1, 0.15) is 36.1 Å². The van der Waals surface area contributed by atoms with Crippen LogP contribution in [0.4, 0.5) is 5.69 Å². The number of amides is 1. The average Bonchev–Trinajstić information content (AvgIpc) is 2.94. The Kier molecular flexibility index (Phi) is 3.36. The molecule has 0 atom stereocenters. The maximum Gasteiger partial charge on any atom is 0.268 e. The highest BCUT2D eigenvalue weighted by Gasteiger charge is 2.14. The number of nitrogens with one attached hydrogen (secondary N) is 1. The van der Waals surface area contributed by atoms with Gasteiger partial charge in [0, 0.05) is 18.3 Å². The van der Waals surface area contributed by atoms with Crippen molar-refractivity contribution in [1.29, 1.82) is 0 Å². The average molecular weight is 248 g/mol. The van der Waals surface area contributed by atoms with Crippen molar-refractivity contribution in [3.8, 4) is 0 Å². The number of carbonyl (C=O) groups excluding carboxylic acids is 1. The second-order valence-electron chi connectivity index (χ2n) is 4.33. The van der Waals surface area contributed by atoms with Gasteiger partial charge in [-0.05, 0) is 19.9 Å². The van der Waals surface area contributed by atoms with Gasteiger partial charge in [0.05, 0.1) is 12.2 Å². The van der Waals surface area contributed by atoms with Crippen molar-refractivity contribution < 1.29 is 9.32 Å². The van der Waals surface area contributed by atoms with Crippen LogP contribution in [0.2, 0.25) is 0 Å². The van der Waals surface area contributed by atoms with E-state index in [1.165, 1.54) is 6.26 Å². The lowest BCUT2D eigenvalue weighted by Crippen LogP contribution is -2.25. The highest BCUT2D eigenvalue weighted by Crippen LogP contribution is 2.16. The van der Waals surface area contributed by atoms with E-state index in [-0.39, 0.29) is 11.9 Å². The van der Waals surface area contributed by atoms with Crippen LogP contribution in [-0.4, -0.2) is 15.6 Å². The van der Waals surface area contributed by atoms with Gasteiger partial charge in [-0.15, -0.1) is 0 Å². The lowest BCUT2D eigenvalue weighted by atomic mass is 10.3. The molecule has 2 rings (SSSR count). The molecule has 0 saturated carbocycles. The number of aromatic nitrogens is 2. The van der Waals surface area contributed by atoms with Gasteiger partial charge in [0.15, 0.2) is 0 Å². The van der Waals surface area contributed by atoms with Gasteiger partial charge in [-0.25, -0.2) is 0 Å². The Morgan fingerprint density at radius 3 is 3.00 bits per heavy atom. The van der Waals surface area contributed by atoms with Gasteiger partial charge in [-0.1, -0.05) is 5.16 Å². The molecule has 0 aliphatic heterocycles. The zero-order valence-corrected chi connectivity index (χ0v) is 10.4. The Labute approximate surface area is 105 Å². The SMILES string of the molecule is CC(C)n1cc(N)cc1C(=O)NCc1ccon1. The second kappa shape index (κ2) is 4.95. The summed E-state index contributed by atoms with van der Waals surface area (Å²) in [7, 11) is 0. The van der Waals surface area contributed by atoms with E-state index in [2.05, 4.69) is 10.5 Å². The number of rotatable bonds is 4. The van der Waals surface area contributed by atoms with Crippen molar-refractivity contribution >= 4 is 11.6 Å². The van der Waals surface area contributed by atoms with Crippen LogP contribution in [-0.2, 0) is 6.54 Å². The molecule has 0 bridgehead atoms. The van der Waals surface area contributed by atoms with Crippen molar-refractivity contribution in [2.45, 2.75) is 26.4 Å². The van der Waals surface area contributed by atoms with Gasteiger partial charge in [-0.3, -0.25) is 4.79 Å². The first-order valence-electron chi connectivity index (χ1n) is 5.72. The summed E-state index contributed by atoms with van der Waals surface area (Å²) in [5, 5.41) is 6.50. The van der Waals surface area contributed by atoms with E-state index >= 15 is 0 Å². The summed E-state index contributed by atoms with van der Waals surface area (Å²) in [5.74, 6) is -0.177. The Morgan fingerprint density at radius 2 is 2.39 bits per heavy atom. The first-order valence-corrected chi connectivity index (χ1v) is 5.72. The molecule has 0 aliphatic rings. The molecule has 18 heavy (non-hydrogen) atoms. The smallest absolute Gasteiger partial charge is 0.268 e. The molecule has 2 aromatic rings. The van der Waals surface area contributed by atoms with Crippen molar-refractivity contribution in [1.82, 2.24) is 15.0 Å². The number of nitrogen functional groups attached to an aromatic ring is 1. The standard InChI is InChI=1S/C12H16N4O2/c1-8(2)16-7-9(13)5-11(16)12(17)14-6-10-3-4-18-15-10/h3-5,7-8H,6,13H2,1-2H3,(H,14,17). The van der Waals surface area contributed by atoms with Gasteiger partial charge >= 0.3 is 0 Å². The van der Waals surface area contributed by atoms with E-state index in [1.54, 1.807) is 18.3 Å². The summed E-state index contributed by atoms with van der Waals surface area (Å²) in [6.07, 6.45) is 3.23. The van der Waals surface area contributed by atoms with Crippen molar-refractivity contribution in [3.63, 3.8) is 0 Å². The molecule has 1 amide bonds. The zero-order chi connectivity index (χ0) is 13.1. The second-order valence-corrected chi connectivity index (χ2v) is 4.33. The summed E-state index contributed by atoms with van der Waals surface area (Å²) in [6.45, 7) is 4.32. The van der Waals surface area contributed by atoms with E-state index in [0.717, 1.165) is 0 Å². The highest BCUT2D eigenvalue weighted by atomic mass is 16.5. The molecule has 3 N–H and O–H groups in total. The van der Waals surface area contributed by atoms with E-state index in [1.807, 2.05) is 18.4 Å². The van der Waals surface area contributed by atoms with Crippen LogP contribution < -0.4 is 11.1 Å². The van der Waals surface area contributed by atoms with E-state index < -0.39 is 0 Å². The topological polar surface area (TPSA) is 86.1 Å². The monoisotopic (exact) mass is 248 g/mol. The third-order valence-corrected chi connectivity index (χ3v) is 2.58. The number of anilines is 1. The van der Waals surface area contributed by atoms with Crippen LogP contribution in [0.5, 0.6) is 0 Å². The lowest BCUT2D eigenvalue weighted by Gasteiger charge is -2.12. The summed E-state index contributed by atoms with van der Waals surface area (Å²) in [6, 6.07) is 3.55. The van der Waals surface area contributed by atoms with Gasteiger partial charge in [0.1, 0.15) is 17.7 Å². The molecule has 0 spiro atoms. The third kappa shape index (κ3) is 2.53. The zero-order valence-electron chi connectivity index (χ0n) is 10.4. The van der Waals surface area contributed by atoms with Crippen molar-refractivity contribution in [3.05, 3.63) is 36.0 Å². The van der Waals surface area contributed by atoms with Crippen LogP contribution in [0.3, 0.4) is 0 Å². The van der Waals surface area contributed by atoms with Gasteiger partial charge in [-0.2, -0.15) is 0 Å². The fourth-order valence-electron chi connectivity index (χ4n) is 1.70. The predicted octanol–water partition coefficient (Wildman–Crippen LogP) is 1.57. The van der Waals surface area contributed by atoms with Gasteiger partial charge < -0.3 is 20.1 Å². The molecule has 0 aliphatic carbocycles. The van der Waals surface area contributed by atoms with Crippen molar-refractivity contribution in [2.75, 3.05) is 5.73 Å². The number of nitrogens with two attached hydrogens (primary N) is 1. The highest BCUT2D eigenvalue weighted by molar-refractivity contribution is 5.93. The summed E-state index contributed by atoms with van der Waals surface area (Å²) >= 11 is 0. The minimum absolute atomic E-state index is 0.176. The van der Waals surface area contributed by atoms with Gasteiger partial charge in [0.2, 0.25) is 0 Å². The Balaban J connectivity index is 2.09.